The predicted molar refractivity (Wildman–Crippen MR) is 165 cm³/mol. The minimum atomic E-state index is -3.74. The van der Waals surface area contributed by atoms with Crippen molar-refractivity contribution >= 4 is 50.2 Å². The highest BCUT2D eigenvalue weighted by molar-refractivity contribution is 7.92. The lowest BCUT2D eigenvalue weighted by atomic mass is 9.99. The highest BCUT2D eigenvalue weighted by Crippen LogP contribution is 2.43. The Morgan fingerprint density at radius 1 is 0.952 bits per heavy atom. The highest BCUT2D eigenvalue weighted by atomic mass is 32.2. The van der Waals surface area contributed by atoms with Gasteiger partial charge >= 0.3 is 0 Å². The van der Waals surface area contributed by atoms with E-state index in [-0.39, 0.29) is 12.5 Å². The number of hydrogen-bond donors (Lipinski definition) is 3. The second-order valence-corrected chi connectivity index (χ2v) is 11.8. The number of benzene rings is 3. The van der Waals surface area contributed by atoms with Gasteiger partial charge in [0, 0.05) is 30.4 Å². The molecule has 0 atom stereocenters. The summed E-state index contributed by atoms with van der Waals surface area (Å²) in [6, 6.07) is 19.5. The Morgan fingerprint density at radius 2 is 1.60 bits per heavy atom. The minimum Gasteiger partial charge on any atom is -0.493 e. The van der Waals surface area contributed by atoms with E-state index in [0.717, 1.165) is 16.1 Å². The number of rotatable bonds is 12. The van der Waals surface area contributed by atoms with E-state index in [1.807, 2.05) is 49.3 Å². The lowest BCUT2D eigenvalue weighted by molar-refractivity contribution is -0.119. The maximum atomic E-state index is 13.3. The maximum Gasteiger partial charge on any atom is 0.258 e. The van der Waals surface area contributed by atoms with Gasteiger partial charge in [0.05, 0.1) is 43.1 Å². The number of fused-ring (bicyclic) bond motifs is 1. The number of nitrogens with one attached hydrogen (secondary N) is 3. The summed E-state index contributed by atoms with van der Waals surface area (Å²) >= 11 is 0. The Labute approximate surface area is 246 Å². The van der Waals surface area contributed by atoms with Crippen LogP contribution in [-0.4, -0.2) is 79.3 Å². The molecule has 12 heteroatoms. The number of hydrogen-bond acceptors (Lipinski definition) is 8. The summed E-state index contributed by atoms with van der Waals surface area (Å²) < 4.78 is 37.1. The first kappa shape index (κ1) is 30.4. The molecule has 3 N–H and O–H groups in total. The van der Waals surface area contributed by atoms with Gasteiger partial charge < -0.3 is 30.3 Å². The van der Waals surface area contributed by atoms with Crippen LogP contribution in [0.4, 0.5) is 17.1 Å². The fourth-order valence-corrected chi connectivity index (χ4v) is 5.35. The molecule has 0 aromatic heterocycles. The molecule has 2 amide bonds. The Balaban J connectivity index is 1.68. The number of carbonyl (C=O) groups is 2. The number of ether oxygens (including phenoxy) is 2. The molecule has 0 saturated heterocycles. The molecule has 0 aliphatic carbocycles. The summed E-state index contributed by atoms with van der Waals surface area (Å²) in [4.78, 5) is 27.7. The van der Waals surface area contributed by atoms with Crippen molar-refractivity contribution < 1.29 is 27.5 Å². The van der Waals surface area contributed by atoms with Crippen molar-refractivity contribution in [1.82, 2.24) is 10.2 Å². The van der Waals surface area contributed by atoms with Gasteiger partial charge in [0.1, 0.15) is 6.54 Å². The van der Waals surface area contributed by atoms with E-state index >= 15 is 0 Å². The first-order valence-electron chi connectivity index (χ1n) is 13.2. The molecule has 0 saturated carbocycles. The summed E-state index contributed by atoms with van der Waals surface area (Å²) in [5.74, 6) is 0.267. The van der Waals surface area contributed by atoms with Crippen LogP contribution in [0.1, 0.15) is 11.1 Å². The zero-order valence-corrected chi connectivity index (χ0v) is 25.0. The Morgan fingerprint density at radius 3 is 2.19 bits per heavy atom. The zero-order chi connectivity index (χ0) is 30.4. The van der Waals surface area contributed by atoms with Crippen LogP contribution in [0.2, 0.25) is 0 Å². The smallest absolute Gasteiger partial charge is 0.258 e. The number of sulfonamides is 1. The van der Waals surface area contributed by atoms with Crippen molar-refractivity contribution in [3.05, 3.63) is 77.9 Å². The predicted octanol–water partition coefficient (Wildman–Crippen LogP) is 3.08. The van der Waals surface area contributed by atoms with Gasteiger partial charge in [-0.15, -0.1) is 0 Å². The van der Waals surface area contributed by atoms with Crippen LogP contribution >= 0.6 is 0 Å². The molecule has 3 aromatic carbocycles. The Kier molecular flexibility index (Phi) is 9.38. The summed E-state index contributed by atoms with van der Waals surface area (Å²) in [6.45, 7) is 0.687. The number of likely N-dealkylation sites (N-methyl/N-ethyl adjacent to an activating group) is 1. The molecule has 42 heavy (non-hydrogen) atoms. The van der Waals surface area contributed by atoms with E-state index < -0.39 is 15.9 Å². The molecule has 1 aliphatic rings. The fraction of sp³-hybridized carbons (Fsp3) is 0.267. The molecule has 1 heterocycles. The Bertz CT molecular complexity index is 1590. The maximum absolute atomic E-state index is 13.3. The summed E-state index contributed by atoms with van der Waals surface area (Å²) in [6.07, 6.45) is 1.06. The average molecular weight is 594 g/mol. The van der Waals surface area contributed by atoms with Crippen molar-refractivity contribution in [3.8, 4) is 11.5 Å². The molecular weight excluding hydrogens is 558 g/mol. The number of anilines is 3. The molecule has 0 bridgehead atoms. The van der Waals surface area contributed by atoms with Crippen molar-refractivity contribution in [2.75, 3.05) is 69.1 Å². The molecule has 4 rings (SSSR count). The van der Waals surface area contributed by atoms with Gasteiger partial charge in [-0.2, -0.15) is 0 Å². The standard InChI is InChI=1S/C30H35N5O6S/c1-34(2)16-15-31-27(36)19-35(42(5,38)39)22-13-11-21(12-14-22)32-29(20-9-7-6-8-10-20)28-23-17-25(40-3)26(41-4)18-24(23)33-30(28)37/h6-14,17-18,32H,15-16,19H2,1-5H3,(H,31,36)(H,33,37). The number of nitrogens with zero attached hydrogens (tertiary/aromatic N) is 2. The van der Waals surface area contributed by atoms with E-state index in [4.69, 9.17) is 9.47 Å². The van der Waals surface area contributed by atoms with Crippen LogP contribution in [0, 0.1) is 0 Å². The van der Waals surface area contributed by atoms with Gasteiger partial charge in [0.15, 0.2) is 11.5 Å². The molecule has 11 nitrogen and oxygen atoms in total. The summed E-state index contributed by atoms with van der Waals surface area (Å²) in [5, 5.41) is 9.00. The molecule has 1 aliphatic heterocycles. The molecular formula is C30H35N5O6S. The van der Waals surface area contributed by atoms with E-state index in [0.29, 0.717) is 58.5 Å². The first-order chi connectivity index (χ1) is 20.0. The van der Waals surface area contributed by atoms with Gasteiger partial charge in [-0.25, -0.2) is 8.42 Å². The third-order valence-corrected chi connectivity index (χ3v) is 7.71. The molecule has 0 fully saturated rings. The van der Waals surface area contributed by atoms with Crippen LogP contribution in [0.5, 0.6) is 11.5 Å². The third-order valence-electron chi connectivity index (χ3n) is 6.57. The van der Waals surface area contributed by atoms with Crippen LogP contribution in [0.25, 0.3) is 11.3 Å². The van der Waals surface area contributed by atoms with Gasteiger partial charge in [-0.3, -0.25) is 13.9 Å². The van der Waals surface area contributed by atoms with Crippen molar-refractivity contribution in [2.45, 2.75) is 0 Å². The number of carbonyl (C=O) groups excluding carboxylic acids is 2. The lowest BCUT2D eigenvalue weighted by Gasteiger charge is -2.23. The molecule has 222 valence electrons. The minimum absolute atomic E-state index is 0.299. The van der Waals surface area contributed by atoms with Crippen molar-refractivity contribution in [3.63, 3.8) is 0 Å². The van der Waals surface area contributed by atoms with Crippen molar-refractivity contribution in [2.24, 2.45) is 0 Å². The second kappa shape index (κ2) is 13.0. The normalized spacial score (nSPS) is 13.7. The third kappa shape index (κ3) is 7.01. The number of methoxy groups -OCH3 is 2. The topological polar surface area (TPSA) is 129 Å². The van der Waals surface area contributed by atoms with Crippen LogP contribution in [0.15, 0.2) is 66.7 Å². The van der Waals surface area contributed by atoms with Gasteiger partial charge in [-0.1, -0.05) is 30.3 Å². The van der Waals surface area contributed by atoms with Crippen LogP contribution in [0.3, 0.4) is 0 Å². The van der Waals surface area contributed by atoms with Crippen molar-refractivity contribution in [1.29, 1.82) is 0 Å². The molecule has 0 spiro atoms. The van der Waals surface area contributed by atoms with Gasteiger partial charge in [-0.05, 0) is 50.0 Å². The lowest BCUT2D eigenvalue weighted by Crippen LogP contribution is -2.42. The monoisotopic (exact) mass is 593 g/mol. The van der Waals surface area contributed by atoms with Crippen LogP contribution < -0.4 is 29.7 Å². The number of amides is 2. The van der Waals surface area contributed by atoms with E-state index in [1.54, 1.807) is 36.4 Å². The van der Waals surface area contributed by atoms with E-state index in [1.165, 1.54) is 14.2 Å². The van der Waals surface area contributed by atoms with E-state index in [2.05, 4.69) is 16.0 Å². The molecule has 3 aromatic rings. The highest BCUT2D eigenvalue weighted by Gasteiger charge is 2.30. The van der Waals surface area contributed by atoms with Gasteiger partial charge in [0.25, 0.3) is 5.91 Å². The largest absolute Gasteiger partial charge is 0.493 e. The van der Waals surface area contributed by atoms with Gasteiger partial charge in [0.2, 0.25) is 15.9 Å². The average Bonchev–Trinajstić information content (AvgIpc) is 3.28. The summed E-state index contributed by atoms with van der Waals surface area (Å²) in [7, 11) is 3.09. The molecule has 0 radical (unpaired) electrons. The SMILES string of the molecule is COc1cc2c(cc1OC)C(=C(Nc1ccc(N(CC(=O)NCCN(C)C)S(C)(=O)=O)cc1)c1ccccc1)C(=O)N2. The van der Waals surface area contributed by atoms with E-state index in [9.17, 15) is 18.0 Å². The fourth-order valence-electron chi connectivity index (χ4n) is 4.49. The quantitative estimate of drug-likeness (QED) is 0.273. The zero-order valence-electron chi connectivity index (χ0n) is 24.2. The second-order valence-electron chi connectivity index (χ2n) is 9.92. The van der Waals surface area contributed by atoms with Crippen LogP contribution in [-0.2, 0) is 19.6 Å². The summed E-state index contributed by atoms with van der Waals surface area (Å²) in [5.41, 5.74) is 3.90. The Hall–Kier alpha value is -4.55. The first-order valence-corrected chi connectivity index (χ1v) is 15.0. The molecule has 0 unspecified atom stereocenters.